The summed E-state index contributed by atoms with van der Waals surface area (Å²) >= 11 is 0. The lowest BCUT2D eigenvalue weighted by Crippen LogP contribution is -2.26. The van der Waals surface area contributed by atoms with E-state index in [-0.39, 0.29) is 12.0 Å². The number of aromatic nitrogens is 4. The second kappa shape index (κ2) is 4.90. The summed E-state index contributed by atoms with van der Waals surface area (Å²) in [5.41, 5.74) is 6.44. The summed E-state index contributed by atoms with van der Waals surface area (Å²) in [6, 6.07) is 1.52. The molecule has 3 heterocycles. The molecule has 8 nitrogen and oxygen atoms in total. The Morgan fingerprint density at radius 2 is 2.26 bits per heavy atom. The first-order chi connectivity index (χ1) is 9.28. The van der Waals surface area contributed by atoms with Crippen LogP contribution >= 0.6 is 0 Å². The highest BCUT2D eigenvalue weighted by atomic mass is 16.5. The van der Waals surface area contributed by atoms with Crippen LogP contribution < -0.4 is 10.5 Å². The Bertz CT molecular complexity index is 573. The minimum atomic E-state index is -0.117. The normalized spacial score (nSPS) is 22.6. The molecule has 2 aromatic rings. The van der Waals surface area contributed by atoms with Crippen molar-refractivity contribution in [1.82, 2.24) is 20.1 Å². The van der Waals surface area contributed by atoms with E-state index in [4.69, 9.17) is 19.7 Å². The van der Waals surface area contributed by atoms with Crippen LogP contribution in [0.5, 0.6) is 5.88 Å². The van der Waals surface area contributed by atoms with Crippen LogP contribution in [-0.4, -0.2) is 46.5 Å². The molecule has 2 aromatic heterocycles. The molecule has 2 unspecified atom stereocenters. The molecule has 0 amide bonds. The molecule has 0 radical (unpaired) electrons. The van der Waals surface area contributed by atoms with Crippen LogP contribution in [0.15, 0.2) is 16.9 Å². The lowest BCUT2D eigenvalue weighted by Gasteiger charge is -2.06. The van der Waals surface area contributed by atoms with E-state index in [2.05, 4.69) is 20.1 Å². The zero-order chi connectivity index (χ0) is 13.2. The molecular weight excluding hydrogens is 250 g/mol. The molecule has 0 aliphatic carbocycles. The van der Waals surface area contributed by atoms with Crippen LogP contribution in [0.2, 0.25) is 0 Å². The largest absolute Gasteiger partial charge is 0.481 e. The van der Waals surface area contributed by atoms with Crippen molar-refractivity contribution in [1.29, 1.82) is 0 Å². The fourth-order valence-electron chi connectivity index (χ4n) is 1.89. The van der Waals surface area contributed by atoms with E-state index in [1.807, 2.05) is 0 Å². The summed E-state index contributed by atoms with van der Waals surface area (Å²) in [5, 5.41) is 3.90. The van der Waals surface area contributed by atoms with Crippen LogP contribution in [0, 0.1) is 0 Å². The molecule has 0 spiro atoms. The molecule has 0 aromatic carbocycles. The van der Waals surface area contributed by atoms with Crippen molar-refractivity contribution in [2.45, 2.75) is 12.0 Å². The lowest BCUT2D eigenvalue weighted by molar-refractivity contribution is 0.187. The standard InChI is InChI=1S/C11H13N5O3/c1-17-9-2-8(13-5-14-9)10-15-11(19-16-10)6-3-18-4-7(6)12/h2,5-7H,3-4,12H2,1H3. The average molecular weight is 263 g/mol. The molecule has 0 saturated carbocycles. The second-order valence-electron chi connectivity index (χ2n) is 4.21. The number of nitrogens with two attached hydrogens (primary N) is 1. The van der Waals surface area contributed by atoms with Crippen molar-refractivity contribution >= 4 is 0 Å². The third kappa shape index (κ3) is 2.27. The molecule has 3 rings (SSSR count). The van der Waals surface area contributed by atoms with Crippen molar-refractivity contribution in [2.75, 3.05) is 20.3 Å². The Morgan fingerprint density at radius 3 is 3.00 bits per heavy atom. The Labute approximate surface area is 108 Å². The summed E-state index contributed by atoms with van der Waals surface area (Å²) < 4.78 is 15.5. The predicted molar refractivity (Wildman–Crippen MR) is 63.4 cm³/mol. The first-order valence-corrected chi connectivity index (χ1v) is 5.81. The van der Waals surface area contributed by atoms with E-state index in [0.717, 1.165) is 0 Å². The maximum absolute atomic E-state index is 5.91. The van der Waals surface area contributed by atoms with Gasteiger partial charge in [-0.05, 0) is 0 Å². The second-order valence-corrected chi connectivity index (χ2v) is 4.21. The fourth-order valence-corrected chi connectivity index (χ4v) is 1.89. The van der Waals surface area contributed by atoms with Gasteiger partial charge in [0.25, 0.3) is 0 Å². The summed E-state index contributed by atoms with van der Waals surface area (Å²) in [6.45, 7) is 1.000. The predicted octanol–water partition coefficient (Wildman–Crippen LogP) is -0.0237. The fraction of sp³-hybridized carbons (Fsp3) is 0.455. The van der Waals surface area contributed by atoms with Gasteiger partial charge in [0.2, 0.25) is 17.6 Å². The number of hydrogen-bond donors (Lipinski definition) is 1. The Morgan fingerprint density at radius 1 is 1.37 bits per heavy atom. The third-order valence-electron chi connectivity index (χ3n) is 2.96. The van der Waals surface area contributed by atoms with Crippen molar-refractivity contribution in [3.63, 3.8) is 0 Å². The Balaban J connectivity index is 1.88. The van der Waals surface area contributed by atoms with Gasteiger partial charge in [-0.25, -0.2) is 9.97 Å². The number of hydrogen-bond acceptors (Lipinski definition) is 8. The third-order valence-corrected chi connectivity index (χ3v) is 2.96. The van der Waals surface area contributed by atoms with Gasteiger partial charge in [0.15, 0.2) is 0 Å². The summed E-state index contributed by atoms with van der Waals surface area (Å²) in [5.74, 6) is 1.23. The molecule has 2 atom stereocenters. The highest BCUT2D eigenvalue weighted by Crippen LogP contribution is 2.25. The first-order valence-electron chi connectivity index (χ1n) is 5.81. The monoisotopic (exact) mass is 263 g/mol. The SMILES string of the molecule is COc1cc(-c2noc(C3COCC3N)n2)ncn1. The summed E-state index contributed by atoms with van der Waals surface area (Å²) in [6.07, 6.45) is 1.38. The van der Waals surface area contributed by atoms with E-state index < -0.39 is 0 Å². The van der Waals surface area contributed by atoms with Crippen molar-refractivity contribution in [2.24, 2.45) is 5.73 Å². The van der Waals surface area contributed by atoms with Gasteiger partial charge in [-0.1, -0.05) is 5.16 Å². The minimum Gasteiger partial charge on any atom is -0.481 e. The topological polar surface area (TPSA) is 109 Å². The molecule has 0 bridgehead atoms. The number of nitrogens with zero attached hydrogens (tertiary/aromatic N) is 4. The van der Waals surface area contributed by atoms with Gasteiger partial charge in [-0.3, -0.25) is 0 Å². The van der Waals surface area contributed by atoms with Gasteiger partial charge in [0.05, 0.1) is 26.2 Å². The van der Waals surface area contributed by atoms with Crippen LogP contribution in [0.4, 0.5) is 0 Å². The molecule has 100 valence electrons. The molecule has 1 aliphatic heterocycles. The van der Waals surface area contributed by atoms with Crippen molar-refractivity contribution in [3.8, 4) is 17.4 Å². The molecule has 8 heteroatoms. The van der Waals surface area contributed by atoms with E-state index >= 15 is 0 Å². The lowest BCUT2D eigenvalue weighted by atomic mass is 10.1. The molecule has 1 saturated heterocycles. The average Bonchev–Trinajstić information content (AvgIpc) is 3.07. The Hall–Kier alpha value is -2.06. The number of ether oxygens (including phenoxy) is 2. The molecule has 19 heavy (non-hydrogen) atoms. The Kier molecular flexibility index (Phi) is 3.10. The zero-order valence-electron chi connectivity index (χ0n) is 10.3. The molecule has 2 N–H and O–H groups in total. The van der Waals surface area contributed by atoms with Crippen LogP contribution in [0.25, 0.3) is 11.5 Å². The van der Waals surface area contributed by atoms with Crippen LogP contribution in [-0.2, 0) is 4.74 Å². The van der Waals surface area contributed by atoms with Gasteiger partial charge in [-0.2, -0.15) is 4.98 Å². The number of methoxy groups -OCH3 is 1. The highest BCUT2D eigenvalue weighted by molar-refractivity contribution is 5.49. The van der Waals surface area contributed by atoms with Gasteiger partial charge in [-0.15, -0.1) is 0 Å². The zero-order valence-corrected chi connectivity index (χ0v) is 10.3. The minimum absolute atomic E-state index is 0.0648. The molecular formula is C11H13N5O3. The van der Waals surface area contributed by atoms with Crippen LogP contribution in [0.3, 0.4) is 0 Å². The van der Waals surface area contributed by atoms with Gasteiger partial charge in [0.1, 0.15) is 12.0 Å². The molecule has 1 aliphatic rings. The van der Waals surface area contributed by atoms with E-state index in [1.165, 1.54) is 13.4 Å². The summed E-state index contributed by atoms with van der Waals surface area (Å²) in [7, 11) is 1.53. The highest BCUT2D eigenvalue weighted by Gasteiger charge is 2.31. The molecule has 1 fully saturated rings. The maximum atomic E-state index is 5.91. The van der Waals surface area contributed by atoms with E-state index in [9.17, 15) is 0 Å². The van der Waals surface area contributed by atoms with Crippen LogP contribution in [0.1, 0.15) is 11.8 Å². The van der Waals surface area contributed by atoms with Crippen molar-refractivity contribution < 1.29 is 14.0 Å². The smallest absolute Gasteiger partial charge is 0.234 e. The van der Waals surface area contributed by atoms with Crippen molar-refractivity contribution in [3.05, 3.63) is 18.3 Å². The van der Waals surface area contributed by atoms with Gasteiger partial charge in [0, 0.05) is 12.1 Å². The maximum Gasteiger partial charge on any atom is 0.234 e. The first kappa shape index (κ1) is 12.0. The van der Waals surface area contributed by atoms with E-state index in [0.29, 0.717) is 36.5 Å². The van der Waals surface area contributed by atoms with E-state index in [1.54, 1.807) is 6.07 Å². The quantitative estimate of drug-likeness (QED) is 0.822. The van der Waals surface area contributed by atoms with Gasteiger partial charge < -0.3 is 19.7 Å². The van der Waals surface area contributed by atoms with Gasteiger partial charge >= 0.3 is 0 Å². The summed E-state index contributed by atoms with van der Waals surface area (Å²) in [4.78, 5) is 12.3. The number of rotatable bonds is 3.